The summed E-state index contributed by atoms with van der Waals surface area (Å²) in [5, 5.41) is 7.71. The highest BCUT2D eigenvalue weighted by atomic mass is 19.4. The van der Waals surface area contributed by atoms with Crippen molar-refractivity contribution in [2.24, 2.45) is 16.1 Å². The van der Waals surface area contributed by atoms with Crippen LogP contribution in [0.2, 0.25) is 0 Å². The van der Waals surface area contributed by atoms with Crippen molar-refractivity contribution in [1.29, 1.82) is 0 Å². The van der Waals surface area contributed by atoms with Crippen LogP contribution in [0.25, 0.3) is 11.3 Å². The number of aromatic nitrogens is 2. The first-order chi connectivity index (χ1) is 15.3. The van der Waals surface area contributed by atoms with Crippen molar-refractivity contribution in [3.05, 3.63) is 36.2 Å². The molecule has 0 N–H and O–H groups in total. The number of piperazine rings is 1. The third-order valence-electron chi connectivity index (χ3n) is 5.86. The van der Waals surface area contributed by atoms with E-state index in [-0.39, 0.29) is 5.69 Å². The second-order valence-electron chi connectivity index (χ2n) is 8.05. The average Bonchev–Trinajstić information content (AvgIpc) is 3.26. The maximum Gasteiger partial charge on any atom is 0.406 e. The van der Waals surface area contributed by atoms with Gasteiger partial charge in [0.2, 0.25) is 5.91 Å². The Morgan fingerprint density at radius 3 is 2.66 bits per heavy atom. The lowest BCUT2D eigenvalue weighted by Gasteiger charge is -2.33. The summed E-state index contributed by atoms with van der Waals surface area (Å²) in [6.45, 7) is 2.12. The maximum absolute atomic E-state index is 13.3. The number of carbonyl (C=O) groups excluding carboxylic acids is 1. The zero-order valence-corrected chi connectivity index (χ0v) is 17.2. The number of hydrogen-bond acceptors (Lipinski definition) is 7. The number of carbonyl (C=O) groups is 1. The van der Waals surface area contributed by atoms with Gasteiger partial charge in [0.1, 0.15) is 18.3 Å². The molecule has 5 heterocycles. The van der Waals surface area contributed by atoms with Gasteiger partial charge in [-0.25, -0.2) is 4.98 Å². The van der Waals surface area contributed by atoms with E-state index in [2.05, 4.69) is 37.0 Å². The quantitative estimate of drug-likeness (QED) is 0.727. The van der Waals surface area contributed by atoms with E-state index < -0.39 is 24.5 Å². The second kappa shape index (κ2) is 7.66. The molecule has 0 aliphatic carbocycles. The summed E-state index contributed by atoms with van der Waals surface area (Å²) >= 11 is 0. The second-order valence-corrected chi connectivity index (χ2v) is 8.05. The number of amides is 1. The number of pyridine rings is 2. The SMILES string of the molecule is CN1CCN(c2cc(-c3cc4c(cn3)C3=NN=CC3C(=O)N4CC(F)(F)F)ccn2)CC1. The summed E-state index contributed by atoms with van der Waals surface area (Å²) in [6, 6.07) is 5.14. The Morgan fingerprint density at radius 2 is 1.91 bits per heavy atom. The summed E-state index contributed by atoms with van der Waals surface area (Å²) in [7, 11) is 2.07. The number of alkyl halides is 3. The Hall–Kier alpha value is -3.34. The summed E-state index contributed by atoms with van der Waals surface area (Å²) in [5.41, 5.74) is 2.02. The summed E-state index contributed by atoms with van der Waals surface area (Å²) in [4.78, 5) is 26.9. The Morgan fingerprint density at radius 1 is 1.12 bits per heavy atom. The Kier molecular flexibility index (Phi) is 4.92. The van der Waals surface area contributed by atoms with Gasteiger partial charge < -0.3 is 14.7 Å². The first-order valence-electron chi connectivity index (χ1n) is 10.2. The van der Waals surface area contributed by atoms with E-state index in [0.29, 0.717) is 22.5 Å². The molecule has 5 rings (SSSR count). The molecule has 0 saturated carbocycles. The molecule has 11 heteroatoms. The molecule has 3 aliphatic rings. The predicted molar refractivity (Wildman–Crippen MR) is 114 cm³/mol. The van der Waals surface area contributed by atoms with E-state index >= 15 is 0 Å². The molecule has 1 saturated heterocycles. The van der Waals surface area contributed by atoms with Crippen LogP contribution in [0.15, 0.2) is 40.8 Å². The van der Waals surface area contributed by atoms with Crippen LogP contribution in [0.4, 0.5) is 24.7 Å². The fourth-order valence-electron chi connectivity index (χ4n) is 4.14. The van der Waals surface area contributed by atoms with Gasteiger partial charge in [-0.1, -0.05) is 0 Å². The molecular weight excluding hydrogens is 423 g/mol. The highest BCUT2D eigenvalue weighted by Gasteiger charge is 2.44. The smallest absolute Gasteiger partial charge is 0.354 e. The molecular formula is C21H20F3N7O. The molecule has 1 atom stereocenters. The van der Waals surface area contributed by atoms with Gasteiger partial charge in [-0.15, -0.1) is 0 Å². The molecule has 0 bridgehead atoms. The van der Waals surface area contributed by atoms with Gasteiger partial charge in [0.15, 0.2) is 0 Å². The summed E-state index contributed by atoms with van der Waals surface area (Å²) in [5.74, 6) is -0.825. The zero-order valence-electron chi connectivity index (χ0n) is 17.2. The average molecular weight is 443 g/mol. The van der Waals surface area contributed by atoms with E-state index in [4.69, 9.17) is 0 Å². The number of hydrogen-bond donors (Lipinski definition) is 0. The van der Waals surface area contributed by atoms with Crippen LogP contribution in [0.1, 0.15) is 5.56 Å². The van der Waals surface area contributed by atoms with E-state index in [1.165, 1.54) is 18.5 Å². The molecule has 0 radical (unpaired) electrons. The topological polar surface area (TPSA) is 77.3 Å². The molecule has 0 spiro atoms. The van der Waals surface area contributed by atoms with E-state index in [1.807, 2.05) is 6.07 Å². The minimum atomic E-state index is -4.55. The zero-order chi connectivity index (χ0) is 22.5. The predicted octanol–water partition coefficient (Wildman–Crippen LogP) is 2.21. The van der Waals surface area contributed by atoms with Crippen molar-refractivity contribution in [2.45, 2.75) is 6.18 Å². The first kappa shape index (κ1) is 20.6. The fraction of sp³-hybridized carbons (Fsp3) is 0.381. The van der Waals surface area contributed by atoms with Crippen molar-refractivity contribution in [3.8, 4) is 11.3 Å². The van der Waals surface area contributed by atoms with Crippen molar-refractivity contribution in [1.82, 2.24) is 14.9 Å². The Labute approximate surface area is 182 Å². The molecule has 32 heavy (non-hydrogen) atoms. The molecule has 2 aromatic rings. The highest BCUT2D eigenvalue weighted by molar-refractivity contribution is 6.31. The molecule has 3 aliphatic heterocycles. The van der Waals surface area contributed by atoms with Crippen LogP contribution >= 0.6 is 0 Å². The maximum atomic E-state index is 13.3. The number of fused-ring (bicyclic) bond motifs is 3. The molecule has 2 aromatic heterocycles. The minimum absolute atomic E-state index is 0.135. The van der Waals surface area contributed by atoms with Crippen LogP contribution in [-0.2, 0) is 4.79 Å². The molecule has 8 nitrogen and oxygen atoms in total. The number of nitrogens with zero attached hydrogens (tertiary/aromatic N) is 7. The molecule has 1 unspecified atom stereocenters. The largest absolute Gasteiger partial charge is 0.406 e. The lowest BCUT2D eigenvalue weighted by molar-refractivity contribution is -0.132. The summed E-state index contributed by atoms with van der Waals surface area (Å²) < 4.78 is 39.8. The third-order valence-corrected chi connectivity index (χ3v) is 5.86. The minimum Gasteiger partial charge on any atom is -0.354 e. The highest BCUT2D eigenvalue weighted by Crippen LogP contribution is 2.36. The Balaban J connectivity index is 1.53. The van der Waals surface area contributed by atoms with Crippen molar-refractivity contribution in [3.63, 3.8) is 0 Å². The van der Waals surface area contributed by atoms with Crippen molar-refractivity contribution < 1.29 is 18.0 Å². The van der Waals surface area contributed by atoms with Gasteiger partial charge in [0.25, 0.3) is 0 Å². The lowest BCUT2D eigenvalue weighted by Crippen LogP contribution is -2.48. The van der Waals surface area contributed by atoms with Crippen LogP contribution in [0, 0.1) is 5.92 Å². The van der Waals surface area contributed by atoms with Gasteiger partial charge >= 0.3 is 6.18 Å². The van der Waals surface area contributed by atoms with Gasteiger partial charge in [-0.3, -0.25) is 9.78 Å². The van der Waals surface area contributed by atoms with E-state index in [1.54, 1.807) is 12.3 Å². The number of rotatable bonds is 3. The van der Waals surface area contributed by atoms with Gasteiger partial charge in [-0.05, 0) is 25.2 Å². The fourth-order valence-corrected chi connectivity index (χ4v) is 4.14. The normalized spacial score (nSPS) is 20.9. The third kappa shape index (κ3) is 3.72. The standard InChI is InChI=1S/C21H20F3N7O/c1-29-4-6-30(7-5-29)18-8-13(2-3-25-18)16-9-17-14(10-26-16)19-15(11-27-28-19)20(32)31(17)12-21(22,23)24/h2-3,8-11,15H,4-7,12H2,1H3. The van der Waals surface area contributed by atoms with E-state index in [0.717, 1.165) is 36.9 Å². The number of anilines is 2. The van der Waals surface area contributed by atoms with Crippen molar-refractivity contribution in [2.75, 3.05) is 49.6 Å². The van der Waals surface area contributed by atoms with Gasteiger partial charge in [-0.2, -0.15) is 23.4 Å². The molecule has 1 amide bonds. The molecule has 166 valence electrons. The monoisotopic (exact) mass is 443 g/mol. The summed E-state index contributed by atoms with van der Waals surface area (Å²) in [6.07, 6.45) is -0.153. The van der Waals surface area contributed by atoms with Gasteiger partial charge in [0, 0.05) is 55.9 Å². The lowest BCUT2D eigenvalue weighted by atomic mass is 9.91. The van der Waals surface area contributed by atoms with Crippen LogP contribution in [0.5, 0.6) is 0 Å². The Bertz CT molecular complexity index is 1120. The first-order valence-corrected chi connectivity index (χ1v) is 10.2. The van der Waals surface area contributed by atoms with Gasteiger partial charge in [0.05, 0.1) is 17.1 Å². The van der Waals surface area contributed by atoms with Crippen LogP contribution in [-0.4, -0.2) is 78.6 Å². The van der Waals surface area contributed by atoms with E-state index in [9.17, 15) is 18.0 Å². The molecule has 1 fully saturated rings. The van der Waals surface area contributed by atoms with Crippen LogP contribution < -0.4 is 9.80 Å². The number of likely N-dealkylation sites (N-methyl/N-ethyl adjacent to an activating group) is 1. The number of halogens is 3. The van der Waals surface area contributed by atoms with Crippen molar-refractivity contribution >= 4 is 29.3 Å². The van der Waals surface area contributed by atoms with Crippen LogP contribution in [0.3, 0.4) is 0 Å². The molecule has 0 aromatic carbocycles.